The largest absolute Gasteiger partial charge is 0.352 e. The molecule has 1 saturated heterocycles. The fourth-order valence-electron chi connectivity index (χ4n) is 3.59. The molecular formula is C16H27N5O3S. The molecule has 2 unspecified atom stereocenters. The maximum Gasteiger partial charge on any atom is 0.246 e. The van der Waals surface area contributed by atoms with E-state index in [0.717, 1.165) is 12.8 Å². The van der Waals surface area contributed by atoms with Gasteiger partial charge in [0.15, 0.2) is 0 Å². The third-order valence-electron chi connectivity index (χ3n) is 5.19. The molecule has 1 aromatic rings. The third-order valence-corrected chi connectivity index (χ3v) is 7.31. The summed E-state index contributed by atoms with van der Waals surface area (Å²) in [6, 6.07) is 0.0119. The number of aryl methyl sites for hydroxylation is 2. The predicted octanol–water partition coefficient (Wildman–Crippen LogP) is 0.281. The zero-order chi connectivity index (χ0) is 18.2. The Morgan fingerprint density at radius 1 is 1.40 bits per heavy atom. The Morgan fingerprint density at radius 2 is 2.12 bits per heavy atom. The van der Waals surface area contributed by atoms with E-state index in [4.69, 9.17) is 5.73 Å². The molecule has 140 valence electrons. The van der Waals surface area contributed by atoms with Crippen molar-refractivity contribution in [2.24, 2.45) is 17.6 Å². The Balaban J connectivity index is 1.71. The lowest BCUT2D eigenvalue weighted by molar-refractivity contribution is -0.126. The van der Waals surface area contributed by atoms with Crippen LogP contribution in [0.15, 0.2) is 4.90 Å². The van der Waals surface area contributed by atoms with E-state index in [-0.39, 0.29) is 29.3 Å². The zero-order valence-corrected chi connectivity index (χ0v) is 15.6. The number of carbonyl (C=O) groups excluding carboxylic acids is 1. The second-order valence-electron chi connectivity index (χ2n) is 7.15. The molecule has 0 spiro atoms. The highest BCUT2D eigenvalue weighted by Gasteiger charge is 2.37. The molecule has 1 saturated carbocycles. The molecule has 2 aliphatic rings. The Kier molecular flexibility index (Phi) is 5.17. The van der Waals surface area contributed by atoms with E-state index in [2.05, 4.69) is 15.5 Å². The molecule has 0 radical (unpaired) electrons. The minimum absolute atomic E-state index is 0.0119. The number of piperidine rings is 1. The molecule has 2 fully saturated rings. The second kappa shape index (κ2) is 7.05. The normalized spacial score (nSPS) is 23.4. The molecule has 1 aromatic heterocycles. The van der Waals surface area contributed by atoms with Crippen molar-refractivity contribution < 1.29 is 13.2 Å². The number of carbonyl (C=O) groups is 1. The lowest BCUT2D eigenvalue weighted by Crippen LogP contribution is -2.49. The molecule has 0 bridgehead atoms. The maximum absolute atomic E-state index is 13.0. The van der Waals surface area contributed by atoms with Crippen LogP contribution in [0.2, 0.25) is 0 Å². The number of nitrogens with zero attached hydrogens (tertiary/aromatic N) is 2. The first-order valence-corrected chi connectivity index (χ1v) is 10.3. The van der Waals surface area contributed by atoms with Crippen LogP contribution < -0.4 is 11.1 Å². The fourth-order valence-corrected chi connectivity index (χ4v) is 5.45. The Bertz CT molecular complexity index is 721. The second-order valence-corrected chi connectivity index (χ2v) is 9.03. The first kappa shape index (κ1) is 18.3. The van der Waals surface area contributed by atoms with Crippen LogP contribution in [-0.4, -0.2) is 54.5 Å². The number of hydrogen-bond acceptors (Lipinski definition) is 5. The average molecular weight is 369 g/mol. The van der Waals surface area contributed by atoms with E-state index >= 15 is 0 Å². The monoisotopic (exact) mass is 369 g/mol. The average Bonchev–Trinajstić information content (AvgIpc) is 3.37. The van der Waals surface area contributed by atoms with Gasteiger partial charge in [-0.2, -0.15) is 9.40 Å². The summed E-state index contributed by atoms with van der Waals surface area (Å²) in [4.78, 5) is 12.8. The molecule has 1 amide bonds. The van der Waals surface area contributed by atoms with Crippen LogP contribution >= 0.6 is 0 Å². The number of nitrogens with one attached hydrogen (secondary N) is 2. The summed E-state index contributed by atoms with van der Waals surface area (Å²) in [5.74, 6) is 0.0698. The zero-order valence-electron chi connectivity index (χ0n) is 14.8. The van der Waals surface area contributed by atoms with Gasteiger partial charge in [0.25, 0.3) is 0 Å². The smallest absolute Gasteiger partial charge is 0.246 e. The van der Waals surface area contributed by atoms with Crippen LogP contribution in [0.1, 0.15) is 37.1 Å². The lowest BCUT2D eigenvalue weighted by Gasteiger charge is -2.32. The van der Waals surface area contributed by atoms with Crippen LogP contribution in [0.25, 0.3) is 0 Å². The van der Waals surface area contributed by atoms with Crippen molar-refractivity contribution in [3.8, 4) is 0 Å². The van der Waals surface area contributed by atoms with Crippen molar-refractivity contribution in [1.29, 1.82) is 0 Å². The van der Waals surface area contributed by atoms with Crippen LogP contribution in [0.5, 0.6) is 0 Å². The topological polar surface area (TPSA) is 121 Å². The number of hydrogen-bond donors (Lipinski definition) is 3. The number of sulfonamides is 1. The molecule has 2 atom stereocenters. The van der Waals surface area contributed by atoms with Gasteiger partial charge in [0.05, 0.1) is 17.3 Å². The van der Waals surface area contributed by atoms with E-state index in [9.17, 15) is 13.2 Å². The Labute approximate surface area is 148 Å². The van der Waals surface area contributed by atoms with Gasteiger partial charge in [0, 0.05) is 25.7 Å². The SMILES string of the molecule is Cc1n[nH]c(C)c1S(=O)(=O)N1CCCC(C(=O)NC(CN)C2CC2)C1. The van der Waals surface area contributed by atoms with Gasteiger partial charge in [-0.3, -0.25) is 9.89 Å². The van der Waals surface area contributed by atoms with Crippen molar-refractivity contribution in [3.05, 3.63) is 11.4 Å². The van der Waals surface area contributed by atoms with Crippen LogP contribution in [0.3, 0.4) is 0 Å². The number of H-pyrrole nitrogens is 1. The summed E-state index contributed by atoms with van der Waals surface area (Å²) in [6.07, 6.45) is 3.58. The molecule has 25 heavy (non-hydrogen) atoms. The predicted molar refractivity (Wildman–Crippen MR) is 93.3 cm³/mol. The van der Waals surface area contributed by atoms with Gasteiger partial charge in [-0.1, -0.05) is 0 Å². The first-order valence-electron chi connectivity index (χ1n) is 8.86. The molecule has 1 aliphatic heterocycles. The molecule has 2 heterocycles. The van der Waals surface area contributed by atoms with Crippen LogP contribution in [-0.2, 0) is 14.8 Å². The minimum atomic E-state index is -3.65. The summed E-state index contributed by atoms with van der Waals surface area (Å²) in [5.41, 5.74) is 6.74. The van der Waals surface area contributed by atoms with E-state index in [0.29, 0.717) is 43.2 Å². The van der Waals surface area contributed by atoms with Crippen molar-refractivity contribution in [2.45, 2.75) is 50.5 Å². The third kappa shape index (κ3) is 3.73. The Hall–Kier alpha value is -1.45. The van der Waals surface area contributed by atoms with Crippen molar-refractivity contribution in [1.82, 2.24) is 19.8 Å². The quantitative estimate of drug-likeness (QED) is 0.665. The molecule has 8 nitrogen and oxygen atoms in total. The van der Waals surface area contributed by atoms with Gasteiger partial charge >= 0.3 is 0 Å². The van der Waals surface area contributed by atoms with E-state index in [1.807, 2.05) is 0 Å². The molecule has 3 rings (SSSR count). The Morgan fingerprint density at radius 3 is 2.68 bits per heavy atom. The molecule has 9 heteroatoms. The summed E-state index contributed by atoms with van der Waals surface area (Å²) in [5, 5.41) is 9.73. The highest BCUT2D eigenvalue weighted by molar-refractivity contribution is 7.89. The van der Waals surface area contributed by atoms with Crippen molar-refractivity contribution in [2.75, 3.05) is 19.6 Å². The summed E-state index contributed by atoms with van der Waals surface area (Å²) >= 11 is 0. The first-order chi connectivity index (χ1) is 11.8. The molecular weight excluding hydrogens is 342 g/mol. The van der Waals surface area contributed by atoms with Crippen LogP contribution in [0, 0.1) is 25.7 Å². The molecule has 4 N–H and O–H groups in total. The van der Waals surface area contributed by atoms with Crippen LogP contribution in [0.4, 0.5) is 0 Å². The van der Waals surface area contributed by atoms with Gasteiger partial charge < -0.3 is 11.1 Å². The summed E-state index contributed by atoms with van der Waals surface area (Å²) in [6.45, 7) is 4.44. The van der Waals surface area contributed by atoms with E-state index < -0.39 is 10.0 Å². The summed E-state index contributed by atoms with van der Waals surface area (Å²) in [7, 11) is -3.65. The molecule has 1 aliphatic carbocycles. The van der Waals surface area contributed by atoms with Gasteiger partial charge in [-0.15, -0.1) is 0 Å². The van der Waals surface area contributed by atoms with E-state index in [1.54, 1.807) is 13.8 Å². The number of aromatic nitrogens is 2. The van der Waals surface area contributed by atoms with Gasteiger partial charge in [0.2, 0.25) is 15.9 Å². The van der Waals surface area contributed by atoms with Gasteiger partial charge in [-0.05, 0) is 45.4 Å². The van der Waals surface area contributed by atoms with Crippen molar-refractivity contribution >= 4 is 15.9 Å². The fraction of sp³-hybridized carbons (Fsp3) is 0.750. The number of aromatic amines is 1. The van der Waals surface area contributed by atoms with Gasteiger partial charge in [-0.25, -0.2) is 8.42 Å². The lowest BCUT2D eigenvalue weighted by atomic mass is 9.98. The van der Waals surface area contributed by atoms with Crippen molar-refractivity contribution in [3.63, 3.8) is 0 Å². The highest BCUT2D eigenvalue weighted by atomic mass is 32.2. The standard InChI is InChI=1S/C16H27N5O3S/c1-10-15(11(2)20-19-10)25(23,24)21-7-3-4-13(9-21)16(22)18-14(8-17)12-5-6-12/h12-14H,3-9,17H2,1-2H3,(H,18,22)(H,19,20). The number of rotatable bonds is 6. The highest BCUT2D eigenvalue weighted by Crippen LogP contribution is 2.33. The minimum Gasteiger partial charge on any atom is -0.352 e. The maximum atomic E-state index is 13.0. The van der Waals surface area contributed by atoms with E-state index in [1.165, 1.54) is 4.31 Å². The molecule has 0 aromatic carbocycles. The number of amides is 1. The van der Waals surface area contributed by atoms with Gasteiger partial charge in [0.1, 0.15) is 4.90 Å². The number of nitrogens with two attached hydrogens (primary N) is 1. The summed E-state index contributed by atoms with van der Waals surface area (Å²) < 4.78 is 27.4.